The monoisotopic (exact) mass is 162 g/mol. The normalized spacial score (nSPS) is 13.7. The molecule has 1 atom stereocenters. The highest BCUT2D eigenvalue weighted by molar-refractivity contribution is 5.08. The molecule has 0 spiro atoms. The maximum atomic E-state index is 12.4. The Morgan fingerprint density at radius 1 is 1.27 bits per heavy atom. The molecular weight excluding hydrogens is 157 g/mol. The highest BCUT2D eigenvalue weighted by Crippen LogP contribution is 2.29. The van der Waals surface area contributed by atoms with E-state index in [1.807, 2.05) is 0 Å². The van der Waals surface area contributed by atoms with Crippen molar-refractivity contribution in [1.29, 1.82) is 10.5 Å². The van der Waals surface area contributed by atoms with E-state index in [4.69, 9.17) is 10.5 Å². The summed E-state index contributed by atoms with van der Waals surface area (Å²) in [5.74, 6) is -6.08. The van der Waals surface area contributed by atoms with Crippen molar-refractivity contribution in [3.8, 4) is 12.1 Å². The lowest BCUT2D eigenvalue weighted by Crippen LogP contribution is -2.35. The van der Waals surface area contributed by atoms with Crippen LogP contribution in [0.25, 0.3) is 0 Å². The summed E-state index contributed by atoms with van der Waals surface area (Å²) in [6, 6.07) is 2.04. The highest BCUT2D eigenvalue weighted by atomic mass is 19.3. The van der Waals surface area contributed by atoms with Gasteiger partial charge >= 0.3 is 5.92 Å². The van der Waals surface area contributed by atoms with Crippen LogP contribution in [0.1, 0.15) is 6.92 Å². The Morgan fingerprint density at radius 2 is 1.64 bits per heavy atom. The number of halogens is 3. The van der Waals surface area contributed by atoms with E-state index in [1.54, 1.807) is 0 Å². The van der Waals surface area contributed by atoms with Crippen LogP contribution in [0.4, 0.5) is 13.2 Å². The van der Waals surface area contributed by atoms with E-state index >= 15 is 0 Å². The van der Waals surface area contributed by atoms with E-state index in [0.29, 0.717) is 6.92 Å². The second-order valence-electron chi connectivity index (χ2n) is 1.98. The number of hydrogen-bond donors (Lipinski definition) is 0. The first-order valence-electron chi connectivity index (χ1n) is 2.78. The third kappa shape index (κ3) is 1.84. The van der Waals surface area contributed by atoms with Gasteiger partial charge in [-0.15, -0.1) is 0 Å². The quantitative estimate of drug-likeness (QED) is 0.619. The van der Waals surface area contributed by atoms with Crippen LogP contribution < -0.4 is 0 Å². The van der Waals surface area contributed by atoms with Crippen molar-refractivity contribution in [2.45, 2.75) is 19.0 Å². The summed E-state index contributed by atoms with van der Waals surface area (Å²) in [6.07, 6.45) is -2.48. The van der Waals surface area contributed by atoms with Gasteiger partial charge in [-0.25, -0.2) is 13.2 Å². The van der Waals surface area contributed by atoms with Crippen LogP contribution in [-0.4, -0.2) is 12.1 Å². The largest absolute Gasteiger partial charge is 0.306 e. The van der Waals surface area contributed by atoms with Crippen LogP contribution in [0.2, 0.25) is 0 Å². The summed E-state index contributed by atoms with van der Waals surface area (Å²) in [7, 11) is 0. The van der Waals surface area contributed by atoms with E-state index in [-0.39, 0.29) is 0 Å². The molecule has 0 bridgehead atoms. The second-order valence-corrected chi connectivity index (χ2v) is 1.98. The number of nitrogens with zero attached hydrogens (tertiary/aromatic N) is 2. The molecule has 0 aliphatic rings. The molecule has 0 aromatic heterocycles. The van der Waals surface area contributed by atoms with Crippen molar-refractivity contribution in [3.63, 3.8) is 0 Å². The van der Waals surface area contributed by atoms with E-state index in [0.717, 1.165) is 12.1 Å². The Morgan fingerprint density at radius 3 is 1.73 bits per heavy atom. The van der Waals surface area contributed by atoms with Crippen LogP contribution in [0.3, 0.4) is 0 Å². The summed E-state index contributed by atoms with van der Waals surface area (Å²) in [5.41, 5.74) is 0. The van der Waals surface area contributed by atoms with E-state index < -0.39 is 18.0 Å². The predicted molar refractivity (Wildman–Crippen MR) is 30.2 cm³/mol. The molecule has 0 fully saturated rings. The van der Waals surface area contributed by atoms with Gasteiger partial charge in [-0.05, 0) is 6.92 Å². The Bertz CT molecular complexity index is 197. The lowest BCUT2D eigenvalue weighted by molar-refractivity contribution is -0.0813. The molecule has 0 aromatic rings. The van der Waals surface area contributed by atoms with Crippen LogP contribution in [0.5, 0.6) is 0 Å². The molecule has 2 nitrogen and oxygen atoms in total. The zero-order chi connectivity index (χ0) is 9.07. The fourth-order valence-corrected chi connectivity index (χ4v) is 0.431. The second kappa shape index (κ2) is 3.25. The predicted octanol–water partition coefficient (Wildman–Crippen LogP) is 1.64. The smallest absolute Gasteiger partial charge is 0.241 e. The number of rotatable bonds is 2. The zero-order valence-corrected chi connectivity index (χ0v) is 5.68. The molecule has 0 heterocycles. The van der Waals surface area contributed by atoms with Crippen LogP contribution in [-0.2, 0) is 0 Å². The molecular formula is C6H5F3N2. The summed E-state index contributed by atoms with van der Waals surface area (Å²) in [6.45, 7) is 0.613. The van der Waals surface area contributed by atoms with Crippen LogP contribution in [0, 0.1) is 28.6 Å². The van der Waals surface area contributed by atoms with Gasteiger partial charge < -0.3 is 0 Å². The van der Waals surface area contributed by atoms with Crippen molar-refractivity contribution in [2.75, 3.05) is 0 Å². The minimum atomic E-state index is -3.87. The third-order valence-corrected chi connectivity index (χ3v) is 1.17. The SMILES string of the molecule is CC(F)C(F)(F)C(C#N)C#N. The molecule has 60 valence electrons. The molecule has 0 aliphatic carbocycles. The van der Waals surface area contributed by atoms with Gasteiger partial charge in [0.1, 0.15) is 0 Å². The average Bonchev–Trinajstić information content (AvgIpc) is 1.89. The first-order chi connectivity index (χ1) is 4.96. The first-order valence-corrected chi connectivity index (χ1v) is 2.78. The highest BCUT2D eigenvalue weighted by Gasteiger charge is 2.46. The van der Waals surface area contributed by atoms with Crippen LogP contribution >= 0.6 is 0 Å². The Balaban J connectivity index is 4.58. The molecule has 1 unspecified atom stereocenters. The zero-order valence-electron chi connectivity index (χ0n) is 5.68. The minimum absolute atomic E-state index is 0.613. The maximum absolute atomic E-state index is 12.4. The third-order valence-electron chi connectivity index (χ3n) is 1.17. The summed E-state index contributed by atoms with van der Waals surface area (Å²) in [5, 5.41) is 16.0. The molecule has 0 radical (unpaired) electrons. The lowest BCUT2D eigenvalue weighted by atomic mass is 10.0. The van der Waals surface area contributed by atoms with Crippen molar-refractivity contribution in [2.24, 2.45) is 5.92 Å². The average molecular weight is 162 g/mol. The molecule has 0 saturated heterocycles. The summed E-state index contributed by atoms with van der Waals surface area (Å²) >= 11 is 0. The molecule has 0 amide bonds. The van der Waals surface area contributed by atoms with Gasteiger partial charge in [0.15, 0.2) is 12.1 Å². The molecule has 0 N–H and O–H groups in total. The van der Waals surface area contributed by atoms with Gasteiger partial charge in [-0.1, -0.05) is 0 Å². The Labute approximate surface area is 61.8 Å². The van der Waals surface area contributed by atoms with E-state index in [2.05, 4.69) is 0 Å². The Hall–Kier alpha value is -1.23. The van der Waals surface area contributed by atoms with Crippen LogP contribution in [0.15, 0.2) is 0 Å². The van der Waals surface area contributed by atoms with Gasteiger partial charge in [-0.3, -0.25) is 0 Å². The molecule has 11 heavy (non-hydrogen) atoms. The van der Waals surface area contributed by atoms with Gasteiger partial charge in [0.2, 0.25) is 0 Å². The topological polar surface area (TPSA) is 47.6 Å². The van der Waals surface area contributed by atoms with Crippen molar-refractivity contribution in [3.05, 3.63) is 0 Å². The van der Waals surface area contributed by atoms with E-state index in [1.165, 1.54) is 0 Å². The standard InChI is InChI=1S/C6H5F3N2/c1-4(7)6(8,9)5(2-10)3-11/h4-5H,1H3. The molecule has 0 aliphatic heterocycles. The molecule has 0 aromatic carbocycles. The summed E-state index contributed by atoms with van der Waals surface area (Å²) in [4.78, 5) is 0. The molecule has 0 rings (SSSR count). The molecule has 0 saturated carbocycles. The first kappa shape index (κ1) is 9.77. The Kier molecular flexibility index (Phi) is 2.88. The maximum Gasteiger partial charge on any atom is 0.306 e. The van der Waals surface area contributed by atoms with Gasteiger partial charge in [0.05, 0.1) is 12.1 Å². The van der Waals surface area contributed by atoms with Gasteiger partial charge in [0, 0.05) is 0 Å². The van der Waals surface area contributed by atoms with Gasteiger partial charge in [-0.2, -0.15) is 10.5 Å². The lowest BCUT2D eigenvalue weighted by Gasteiger charge is -2.17. The fourth-order valence-electron chi connectivity index (χ4n) is 0.431. The fraction of sp³-hybridized carbons (Fsp3) is 0.667. The van der Waals surface area contributed by atoms with Crippen molar-refractivity contribution < 1.29 is 13.2 Å². The summed E-state index contributed by atoms with van der Waals surface area (Å²) < 4.78 is 36.8. The number of hydrogen-bond acceptors (Lipinski definition) is 2. The van der Waals surface area contributed by atoms with Crippen molar-refractivity contribution in [1.82, 2.24) is 0 Å². The number of alkyl halides is 3. The molecule has 5 heteroatoms. The number of nitriles is 2. The van der Waals surface area contributed by atoms with Crippen molar-refractivity contribution >= 4 is 0 Å². The van der Waals surface area contributed by atoms with E-state index in [9.17, 15) is 13.2 Å². The van der Waals surface area contributed by atoms with Gasteiger partial charge in [0.25, 0.3) is 0 Å². The minimum Gasteiger partial charge on any atom is -0.241 e.